The molecule has 0 spiro atoms. The van der Waals surface area contributed by atoms with Gasteiger partial charge in [-0.15, -0.1) is 0 Å². The minimum absolute atomic E-state index is 0.0631. The highest BCUT2D eigenvalue weighted by Crippen LogP contribution is 2.32. The van der Waals surface area contributed by atoms with Crippen molar-refractivity contribution in [3.8, 4) is 0 Å². The predicted octanol–water partition coefficient (Wildman–Crippen LogP) is 3.55. The third-order valence-electron chi connectivity index (χ3n) is 3.13. The van der Waals surface area contributed by atoms with Gasteiger partial charge in [-0.25, -0.2) is 0 Å². The molecule has 0 aliphatic heterocycles. The van der Waals surface area contributed by atoms with Crippen molar-refractivity contribution in [2.24, 2.45) is 0 Å². The molecule has 118 valence electrons. The van der Waals surface area contributed by atoms with Crippen molar-refractivity contribution in [2.75, 3.05) is 25.0 Å². The second-order valence-corrected chi connectivity index (χ2v) is 7.00. The molecule has 0 saturated carbocycles. The van der Waals surface area contributed by atoms with E-state index in [9.17, 15) is 4.79 Å². The van der Waals surface area contributed by atoms with Crippen LogP contribution in [0.3, 0.4) is 0 Å². The molecule has 6 heteroatoms. The highest BCUT2D eigenvalue weighted by molar-refractivity contribution is 9.11. The molecule has 0 aromatic heterocycles. The summed E-state index contributed by atoms with van der Waals surface area (Å²) in [4.78, 5) is 14.3. The molecule has 0 unspecified atom stereocenters. The number of carbonyl (C=O) groups is 1. The van der Waals surface area contributed by atoms with Crippen LogP contribution in [0.4, 0.5) is 5.69 Å². The normalized spacial score (nSPS) is 11.2. The fourth-order valence-corrected chi connectivity index (χ4v) is 3.59. The van der Waals surface area contributed by atoms with Gasteiger partial charge in [-0.1, -0.05) is 0 Å². The Morgan fingerprint density at radius 2 is 1.90 bits per heavy atom. The Morgan fingerprint density at radius 1 is 1.33 bits per heavy atom. The second-order valence-electron chi connectivity index (χ2n) is 5.29. The summed E-state index contributed by atoms with van der Waals surface area (Å²) in [6.45, 7) is 7.24. The molecule has 0 bridgehead atoms. The molecular weight excluding hydrogens is 400 g/mol. The summed E-state index contributed by atoms with van der Waals surface area (Å²) in [6, 6.07) is 4.19. The largest absolute Gasteiger partial charge is 0.396 e. The number of aryl methyl sites for hydroxylation is 1. The molecule has 0 aliphatic rings. The van der Waals surface area contributed by atoms with E-state index in [4.69, 9.17) is 5.11 Å². The quantitative estimate of drug-likeness (QED) is 0.707. The van der Waals surface area contributed by atoms with E-state index in [1.54, 1.807) is 0 Å². The van der Waals surface area contributed by atoms with E-state index in [-0.39, 0.29) is 18.6 Å². The first-order chi connectivity index (χ1) is 9.85. The van der Waals surface area contributed by atoms with E-state index in [1.807, 2.05) is 37.8 Å². The number of nitrogens with zero attached hydrogens (tertiary/aromatic N) is 1. The Morgan fingerprint density at radius 3 is 2.38 bits per heavy atom. The summed E-state index contributed by atoms with van der Waals surface area (Å²) in [5.74, 6) is -0.0631. The van der Waals surface area contributed by atoms with Crippen molar-refractivity contribution in [1.82, 2.24) is 4.90 Å². The van der Waals surface area contributed by atoms with Crippen molar-refractivity contribution in [3.05, 3.63) is 26.6 Å². The first kappa shape index (κ1) is 18.6. The number of aliphatic hydroxyl groups excluding tert-OH is 1. The van der Waals surface area contributed by atoms with E-state index in [0.717, 1.165) is 20.2 Å². The Kier molecular flexibility index (Phi) is 7.87. The summed E-state index contributed by atoms with van der Waals surface area (Å²) in [7, 11) is 0. The summed E-state index contributed by atoms with van der Waals surface area (Å²) in [5.41, 5.74) is 1.86. The Labute approximate surface area is 143 Å². The van der Waals surface area contributed by atoms with Crippen molar-refractivity contribution in [3.63, 3.8) is 0 Å². The van der Waals surface area contributed by atoms with E-state index in [1.165, 1.54) is 0 Å². The number of hydrogen-bond donors (Lipinski definition) is 2. The topological polar surface area (TPSA) is 52.6 Å². The maximum absolute atomic E-state index is 12.2. The second kappa shape index (κ2) is 8.88. The third kappa shape index (κ3) is 6.06. The number of anilines is 1. The zero-order valence-corrected chi connectivity index (χ0v) is 15.8. The van der Waals surface area contributed by atoms with Crippen molar-refractivity contribution >= 4 is 43.5 Å². The smallest absolute Gasteiger partial charge is 0.238 e. The van der Waals surface area contributed by atoms with Gasteiger partial charge >= 0.3 is 0 Å². The van der Waals surface area contributed by atoms with Gasteiger partial charge in [0, 0.05) is 28.1 Å². The first-order valence-electron chi connectivity index (χ1n) is 6.95. The van der Waals surface area contributed by atoms with Crippen LogP contribution in [0.15, 0.2) is 21.1 Å². The summed E-state index contributed by atoms with van der Waals surface area (Å²) in [6.07, 6.45) is 0.670. The molecule has 1 rings (SSSR count). The molecule has 0 radical (unpaired) electrons. The summed E-state index contributed by atoms with van der Waals surface area (Å²) >= 11 is 6.94. The minimum Gasteiger partial charge on any atom is -0.396 e. The molecule has 1 aromatic rings. The summed E-state index contributed by atoms with van der Waals surface area (Å²) < 4.78 is 1.71. The van der Waals surface area contributed by atoms with Crippen LogP contribution in [0.25, 0.3) is 0 Å². The molecule has 0 atom stereocenters. The Balaban J connectivity index is 2.72. The van der Waals surface area contributed by atoms with Gasteiger partial charge in [-0.05, 0) is 76.7 Å². The molecule has 0 fully saturated rings. The highest BCUT2D eigenvalue weighted by atomic mass is 79.9. The maximum Gasteiger partial charge on any atom is 0.238 e. The number of hydrogen-bond acceptors (Lipinski definition) is 3. The maximum atomic E-state index is 12.2. The van der Waals surface area contributed by atoms with E-state index < -0.39 is 0 Å². The number of nitrogens with one attached hydrogen (secondary N) is 1. The fraction of sp³-hybridized carbons (Fsp3) is 0.533. The van der Waals surface area contributed by atoms with Crippen LogP contribution in [-0.2, 0) is 4.79 Å². The average molecular weight is 422 g/mol. The van der Waals surface area contributed by atoms with Gasteiger partial charge in [0.1, 0.15) is 0 Å². The van der Waals surface area contributed by atoms with Crippen LogP contribution in [0.5, 0.6) is 0 Å². The molecule has 2 N–H and O–H groups in total. The molecule has 0 aliphatic carbocycles. The zero-order valence-electron chi connectivity index (χ0n) is 12.6. The van der Waals surface area contributed by atoms with Crippen LogP contribution in [0.1, 0.15) is 25.8 Å². The molecule has 0 heterocycles. The lowest BCUT2D eigenvalue weighted by Gasteiger charge is -2.25. The lowest BCUT2D eigenvalue weighted by molar-refractivity contribution is -0.117. The van der Waals surface area contributed by atoms with E-state index >= 15 is 0 Å². The number of amides is 1. The van der Waals surface area contributed by atoms with Crippen molar-refractivity contribution in [1.29, 1.82) is 0 Å². The number of halogens is 2. The molecule has 1 amide bonds. The van der Waals surface area contributed by atoms with Crippen LogP contribution in [-0.4, -0.2) is 41.7 Å². The predicted molar refractivity (Wildman–Crippen MR) is 93.6 cm³/mol. The van der Waals surface area contributed by atoms with Crippen LogP contribution in [0, 0.1) is 6.92 Å². The lowest BCUT2D eigenvalue weighted by Crippen LogP contribution is -2.39. The third-order valence-corrected chi connectivity index (χ3v) is 4.38. The molecule has 1 aromatic carbocycles. The SMILES string of the molecule is Cc1cc(Br)c(NC(=O)CN(CCCO)C(C)C)c(Br)c1. The summed E-state index contributed by atoms with van der Waals surface area (Å²) in [5, 5.41) is 11.9. The van der Waals surface area contributed by atoms with Crippen molar-refractivity contribution < 1.29 is 9.90 Å². The number of benzene rings is 1. The fourth-order valence-electron chi connectivity index (χ4n) is 1.98. The van der Waals surface area contributed by atoms with Gasteiger partial charge in [0.05, 0.1) is 12.2 Å². The molecule has 0 saturated heterocycles. The van der Waals surface area contributed by atoms with Crippen LogP contribution < -0.4 is 5.32 Å². The monoisotopic (exact) mass is 420 g/mol. The molecular formula is C15H22Br2N2O2. The van der Waals surface area contributed by atoms with Gasteiger partial charge in [-0.2, -0.15) is 0 Å². The van der Waals surface area contributed by atoms with Crippen LogP contribution >= 0.6 is 31.9 Å². The standard InChI is InChI=1S/C15H22Br2N2O2/c1-10(2)19(5-4-6-20)9-14(21)18-15-12(16)7-11(3)8-13(15)17/h7-8,10,20H,4-6,9H2,1-3H3,(H,18,21). The highest BCUT2D eigenvalue weighted by Gasteiger charge is 2.16. The van der Waals surface area contributed by atoms with Gasteiger partial charge in [0.15, 0.2) is 0 Å². The first-order valence-corrected chi connectivity index (χ1v) is 8.54. The number of aliphatic hydroxyl groups is 1. The van der Waals surface area contributed by atoms with Gasteiger partial charge in [0.2, 0.25) is 5.91 Å². The van der Waals surface area contributed by atoms with Crippen molar-refractivity contribution in [2.45, 2.75) is 33.2 Å². The minimum atomic E-state index is -0.0631. The zero-order chi connectivity index (χ0) is 16.0. The van der Waals surface area contributed by atoms with Crippen LogP contribution in [0.2, 0.25) is 0 Å². The van der Waals surface area contributed by atoms with Gasteiger partial charge < -0.3 is 10.4 Å². The van der Waals surface area contributed by atoms with Gasteiger partial charge in [-0.3, -0.25) is 9.69 Å². The lowest BCUT2D eigenvalue weighted by atomic mass is 10.2. The van der Waals surface area contributed by atoms with E-state index in [2.05, 4.69) is 37.2 Å². The van der Waals surface area contributed by atoms with Gasteiger partial charge in [0.25, 0.3) is 0 Å². The van der Waals surface area contributed by atoms with E-state index in [0.29, 0.717) is 19.5 Å². The molecule has 21 heavy (non-hydrogen) atoms. The number of carbonyl (C=O) groups excluding carboxylic acids is 1. The number of rotatable bonds is 7. The Bertz CT molecular complexity index is 470. The molecule has 4 nitrogen and oxygen atoms in total. The Hall–Kier alpha value is -0.430. The average Bonchev–Trinajstić information content (AvgIpc) is 2.38.